The second-order valence-corrected chi connectivity index (χ2v) is 4.01. The Morgan fingerprint density at radius 1 is 1.41 bits per heavy atom. The maximum atomic E-state index is 11.4. The van der Waals surface area contributed by atoms with E-state index >= 15 is 0 Å². The molecule has 1 heterocycles. The molecule has 5 heteroatoms. The number of amides is 1. The van der Waals surface area contributed by atoms with Gasteiger partial charge in [0.15, 0.2) is 0 Å². The number of nitrogens with two attached hydrogens (primary N) is 1. The third-order valence-electron chi connectivity index (χ3n) is 2.80. The molecule has 0 saturated carbocycles. The molecule has 0 bridgehead atoms. The summed E-state index contributed by atoms with van der Waals surface area (Å²) in [7, 11) is 1.64. The number of fused-ring (bicyclic) bond motifs is 1. The van der Waals surface area contributed by atoms with Gasteiger partial charge in [0.2, 0.25) is 5.91 Å². The third kappa shape index (κ3) is 2.57. The summed E-state index contributed by atoms with van der Waals surface area (Å²) < 4.78 is 5.34. The zero-order valence-corrected chi connectivity index (χ0v) is 9.88. The van der Waals surface area contributed by atoms with Crippen molar-refractivity contribution in [3.05, 3.63) is 23.3 Å². The van der Waals surface area contributed by atoms with Crippen molar-refractivity contribution in [2.24, 2.45) is 5.73 Å². The van der Waals surface area contributed by atoms with Crippen molar-refractivity contribution >= 4 is 11.6 Å². The standard InChI is InChI=1S/C12H17N3O2/c1-17-11-5-9-6-14-7-12(16)15-10(9)4-8(11)2-3-13/h4-5,14H,2-3,6-7,13H2,1H3,(H,15,16). The lowest BCUT2D eigenvalue weighted by molar-refractivity contribution is -0.115. The number of rotatable bonds is 3. The van der Waals surface area contributed by atoms with Crippen molar-refractivity contribution in [1.82, 2.24) is 5.32 Å². The quantitative estimate of drug-likeness (QED) is 0.701. The Morgan fingerprint density at radius 3 is 2.94 bits per heavy atom. The van der Waals surface area contributed by atoms with Gasteiger partial charge in [-0.1, -0.05) is 0 Å². The maximum Gasteiger partial charge on any atom is 0.238 e. The van der Waals surface area contributed by atoms with Gasteiger partial charge >= 0.3 is 0 Å². The fourth-order valence-corrected chi connectivity index (χ4v) is 1.98. The first-order chi connectivity index (χ1) is 8.24. The number of benzene rings is 1. The van der Waals surface area contributed by atoms with E-state index in [4.69, 9.17) is 10.5 Å². The van der Waals surface area contributed by atoms with Crippen molar-refractivity contribution in [3.8, 4) is 5.75 Å². The Balaban J connectivity index is 2.40. The summed E-state index contributed by atoms with van der Waals surface area (Å²) in [4.78, 5) is 11.4. The monoisotopic (exact) mass is 235 g/mol. The molecule has 1 aromatic rings. The molecule has 0 saturated heterocycles. The maximum absolute atomic E-state index is 11.4. The number of carbonyl (C=O) groups is 1. The van der Waals surface area contributed by atoms with E-state index in [1.807, 2.05) is 12.1 Å². The van der Waals surface area contributed by atoms with Gasteiger partial charge in [-0.05, 0) is 36.2 Å². The van der Waals surface area contributed by atoms with Crippen LogP contribution < -0.4 is 21.1 Å². The molecule has 0 fully saturated rings. The molecule has 1 aromatic carbocycles. The Labute approximate surface area is 100 Å². The molecule has 0 aromatic heterocycles. The number of hydrogen-bond acceptors (Lipinski definition) is 4. The van der Waals surface area contributed by atoms with E-state index in [-0.39, 0.29) is 5.91 Å². The van der Waals surface area contributed by atoms with Crippen molar-refractivity contribution in [1.29, 1.82) is 0 Å². The molecule has 1 amide bonds. The molecule has 0 aliphatic carbocycles. The van der Waals surface area contributed by atoms with Gasteiger partial charge in [-0.25, -0.2) is 0 Å². The molecule has 2 rings (SSSR count). The van der Waals surface area contributed by atoms with E-state index in [9.17, 15) is 4.79 Å². The number of carbonyl (C=O) groups excluding carboxylic acids is 1. The van der Waals surface area contributed by atoms with Gasteiger partial charge in [0.05, 0.1) is 13.7 Å². The van der Waals surface area contributed by atoms with Crippen LogP contribution in [0.1, 0.15) is 11.1 Å². The van der Waals surface area contributed by atoms with Crippen LogP contribution in [0.2, 0.25) is 0 Å². The Hall–Kier alpha value is -1.59. The van der Waals surface area contributed by atoms with Crippen LogP contribution in [0.25, 0.3) is 0 Å². The summed E-state index contributed by atoms with van der Waals surface area (Å²) in [5, 5.41) is 5.94. The number of methoxy groups -OCH3 is 1. The first kappa shape index (κ1) is 11.9. The lowest BCUT2D eigenvalue weighted by atomic mass is 10.0. The molecule has 17 heavy (non-hydrogen) atoms. The van der Waals surface area contributed by atoms with E-state index in [1.165, 1.54) is 0 Å². The van der Waals surface area contributed by atoms with E-state index < -0.39 is 0 Å². The van der Waals surface area contributed by atoms with Crippen LogP contribution >= 0.6 is 0 Å². The van der Waals surface area contributed by atoms with Crippen LogP contribution in [0.3, 0.4) is 0 Å². The first-order valence-corrected chi connectivity index (χ1v) is 5.65. The minimum atomic E-state index is -0.0207. The van der Waals surface area contributed by atoms with Gasteiger partial charge in [-0.15, -0.1) is 0 Å². The zero-order chi connectivity index (χ0) is 12.3. The minimum Gasteiger partial charge on any atom is -0.496 e. The smallest absolute Gasteiger partial charge is 0.238 e. The molecule has 4 N–H and O–H groups in total. The van der Waals surface area contributed by atoms with Gasteiger partial charge in [0.1, 0.15) is 5.75 Å². The summed E-state index contributed by atoms with van der Waals surface area (Å²) in [6, 6.07) is 3.91. The van der Waals surface area contributed by atoms with Crippen molar-refractivity contribution in [3.63, 3.8) is 0 Å². The summed E-state index contributed by atoms with van der Waals surface area (Å²) in [6.07, 6.45) is 0.736. The highest BCUT2D eigenvalue weighted by molar-refractivity contribution is 5.94. The topological polar surface area (TPSA) is 76.4 Å². The average molecular weight is 235 g/mol. The van der Waals surface area contributed by atoms with Crippen molar-refractivity contribution in [2.75, 3.05) is 25.5 Å². The molecule has 0 atom stereocenters. The molecular weight excluding hydrogens is 218 g/mol. The zero-order valence-electron chi connectivity index (χ0n) is 9.88. The highest BCUT2D eigenvalue weighted by Gasteiger charge is 2.15. The minimum absolute atomic E-state index is 0.0207. The second kappa shape index (κ2) is 5.16. The molecular formula is C12H17N3O2. The van der Waals surface area contributed by atoms with Gasteiger partial charge in [-0.2, -0.15) is 0 Å². The SMILES string of the molecule is COc1cc2c(cc1CCN)NC(=O)CNC2. The number of ether oxygens (including phenoxy) is 1. The van der Waals surface area contributed by atoms with Crippen LogP contribution in [-0.4, -0.2) is 26.1 Å². The Morgan fingerprint density at radius 2 is 2.24 bits per heavy atom. The van der Waals surface area contributed by atoms with E-state index in [0.29, 0.717) is 19.6 Å². The molecule has 0 unspecified atom stereocenters. The lowest BCUT2D eigenvalue weighted by Crippen LogP contribution is -2.23. The number of anilines is 1. The Bertz CT molecular complexity index is 432. The van der Waals surface area contributed by atoms with Crippen molar-refractivity contribution < 1.29 is 9.53 Å². The van der Waals surface area contributed by atoms with Gasteiger partial charge < -0.3 is 21.1 Å². The summed E-state index contributed by atoms with van der Waals surface area (Å²) in [5.74, 6) is 0.805. The van der Waals surface area contributed by atoms with E-state index in [1.54, 1.807) is 7.11 Å². The van der Waals surface area contributed by atoms with Crippen LogP contribution in [-0.2, 0) is 17.8 Å². The van der Waals surface area contributed by atoms with Gasteiger partial charge in [0.25, 0.3) is 0 Å². The highest BCUT2D eigenvalue weighted by atomic mass is 16.5. The fraction of sp³-hybridized carbons (Fsp3) is 0.417. The van der Waals surface area contributed by atoms with Gasteiger partial charge in [0, 0.05) is 12.2 Å². The largest absolute Gasteiger partial charge is 0.496 e. The first-order valence-electron chi connectivity index (χ1n) is 5.65. The average Bonchev–Trinajstić information content (AvgIpc) is 2.49. The normalized spacial score (nSPS) is 14.8. The van der Waals surface area contributed by atoms with E-state index in [2.05, 4.69) is 10.6 Å². The van der Waals surface area contributed by atoms with E-state index in [0.717, 1.165) is 29.0 Å². The van der Waals surface area contributed by atoms with Crippen LogP contribution in [0.5, 0.6) is 5.75 Å². The predicted molar refractivity (Wildman–Crippen MR) is 66.1 cm³/mol. The molecule has 1 aliphatic rings. The molecule has 0 radical (unpaired) electrons. The van der Waals surface area contributed by atoms with Crippen LogP contribution in [0.15, 0.2) is 12.1 Å². The summed E-state index contributed by atoms with van der Waals surface area (Å²) in [6.45, 7) is 1.55. The van der Waals surface area contributed by atoms with Crippen LogP contribution in [0.4, 0.5) is 5.69 Å². The summed E-state index contributed by atoms with van der Waals surface area (Å²) >= 11 is 0. The summed E-state index contributed by atoms with van der Waals surface area (Å²) in [5.41, 5.74) is 8.47. The van der Waals surface area contributed by atoms with Crippen molar-refractivity contribution in [2.45, 2.75) is 13.0 Å². The Kier molecular flexibility index (Phi) is 3.61. The van der Waals surface area contributed by atoms with Gasteiger partial charge in [-0.3, -0.25) is 4.79 Å². The molecule has 1 aliphatic heterocycles. The third-order valence-corrected chi connectivity index (χ3v) is 2.80. The number of nitrogens with one attached hydrogen (secondary N) is 2. The predicted octanol–water partition coefficient (Wildman–Crippen LogP) is 0.238. The molecule has 5 nitrogen and oxygen atoms in total. The fourth-order valence-electron chi connectivity index (χ4n) is 1.98. The number of hydrogen-bond donors (Lipinski definition) is 3. The second-order valence-electron chi connectivity index (χ2n) is 4.01. The lowest BCUT2D eigenvalue weighted by Gasteiger charge is -2.13. The van der Waals surface area contributed by atoms with Crippen LogP contribution in [0, 0.1) is 0 Å². The molecule has 92 valence electrons. The molecule has 0 spiro atoms. The highest BCUT2D eigenvalue weighted by Crippen LogP contribution is 2.28.